The first-order valence-corrected chi connectivity index (χ1v) is 9.35. The number of aromatic nitrogens is 2. The Morgan fingerprint density at radius 1 is 0.857 bits per heavy atom. The number of hydrogen-bond donors (Lipinski definition) is 1. The Balaban J connectivity index is 1.55. The van der Waals surface area contributed by atoms with E-state index >= 15 is 0 Å². The summed E-state index contributed by atoms with van der Waals surface area (Å²) in [7, 11) is 0. The molecule has 0 spiro atoms. The molecule has 0 aliphatic carbocycles. The molecule has 0 aliphatic heterocycles. The monoisotopic (exact) mass is 373 g/mol. The summed E-state index contributed by atoms with van der Waals surface area (Å²) in [6, 6.07) is 20.9. The van der Waals surface area contributed by atoms with Crippen LogP contribution < -0.4 is 5.32 Å². The van der Waals surface area contributed by atoms with Crippen molar-refractivity contribution in [1.82, 2.24) is 15.5 Å². The number of nitrogens with zero attached hydrogens (tertiary/aromatic N) is 2. The standard InChI is InChI=1S/C23H23N3O2/c1-15-9-11-19(12-10-15)22(18-7-5-4-6-8-18)24-14-21-25-26-23(28-21)20-13-16(2)27-17(20)3/h4-13,22,24H,14H2,1-3H3/t22-/m0/s1. The number of hydrogen-bond acceptors (Lipinski definition) is 5. The van der Waals surface area contributed by atoms with Gasteiger partial charge in [-0.05, 0) is 38.0 Å². The molecule has 28 heavy (non-hydrogen) atoms. The van der Waals surface area contributed by atoms with Crippen molar-refractivity contribution >= 4 is 0 Å². The van der Waals surface area contributed by atoms with E-state index in [1.54, 1.807) is 0 Å². The lowest BCUT2D eigenvalue weighted by atomic mass is 9.98. The van der Waals surface area contributed by atoms with Gasteiger partial charge in [0, 0.05) is 0 Å². The van der Waals surface area contributed by atoms with Gasteiger partial charge in [-0.1, -0.05) is 60.2 Å². The largest absolute Gasteiger partial charge is 0.466 e. The van der Waals surface area contributed by atoms with Crippen LogP contribution in [0.15, 0.2) is 69.5 Å². The van der Waals surface area contributed by atoms with E-state index in [-0.39, 0.29) is 6.04 Å². The number of benzene rings is 2. The van der Waals surface area contributed by atoms with Crippen LogP contribution in [0.3, 0.4) is 0 Å². The van der Waals surface area contributed by atoms with Crippen LogP contribution in [0.1, 0.15) is 40.1 Å². The molecule has 0 saturated carbocycles. The van der Waals surface area contributed by atoms with Crippen molar-refractivity contribution in [2.45, 2.75) is 33.4 Å². The molecule has 2 aromatic heterocycles. The second-order valence-electron chi connectivity index (χ2n) is 6.96. The third kappa shape index (κ3) is 3.89. The van der Waals surface area contributed by atoms with Gasteiger partial charge in [-0.15, -0.1) is 10.2 Å². The molecular weight excluding hydrogens is 350 g/mol. The Morgan fingerprint density at radius 2 is 1.57 bits per heavy atom. The maximum atomic E-state index is 5.86. The van der Waals surface area contributed by atoms with Crippen LogP contribution in [0.2, 0.25) is 0 Å². The quantitative estimate of drug-likeness (QED) is 0.507. The summed E-state index contributed by atoms with van der Waals surface area (Å²) in [6.07, 6.45) is 0. The molecule has 5 heteroatoms. The Labute approximate surface area is 164 Å². The van der Waals surface area contributed by atoms with Crippen LogP contribution >= 0.6 is 0 Å². The highest BCUT2D eigenvalue weighted by Gasteiger charge is 2.17. The van der Waals surface area contributed by atoms with Crippen LogP contribution in [-0.2, 0) is 6.54 Å². The van der Waals surface area contributed by atoms with Gasteiger partial charge in [-0.2, -0.15) is 0 Å². The second-order valence-corrected chi connectivity index (χ2v) is 6.96. The zero-order chi connectivity index (χ0) is 19.5. The highest BCUT2D eigenvalue weighted by molar-refractivity contribution is 5.55. The molecule has 4 aromatic rings. The van der Waals surface area contributed by atoms with Gasteiger partial charge in [0.25, 0.3) is 5.89 Å². The van der Waals surface area contributed by atoms with Gasteiger partial charge in [-0.3, -0.25) is 5.32 Å². The van der Waals surface area contributed by atoms with Crippen LogP contribution in [0.25, 0.3) is 11.5 Å². The van der Waals surface area contributed by atoms with E-state index in [4.69, 9.17) is 8.83 Å². The zero-order valence-electron chi connectivity index (χ0n) is 16.3. The average molecular weight is 373 g/mol. The van der Waals surface area contributed by atoms with E-state index in [0.29, 0.717) is 18.3 Å². The molecule has 0 bridgehead atoms. The fourth-order valence-corrected chi connectivity index (χ4v) is 3.30. The van der Waals surface area contributed by atoms with Gasteiger partial charge in [0.2, 0.25) is 5.89 Å². The lowest BCUT2D eigenvalue weighted by Crippen LogP contribution is -2.22. The number of furan rings is 1. The Bertz CT molecular complexity index is 1050. The third-order valence-electron chi connectivity index (χ3n) is 4.74. The molecule has 0 amide bonds. The molecule has 142 valence electrons. The highest BCUT2D eigenvalue weighted by atomic mass is 16.4. The summed E-state index contributed by atoms with van der Waals surface area (Å²) in [5.74, 6) is 2.63. The van der Waals surface area contributed by atoms with Crippen molar-refractivity contribution in [2.24, 2.45) is 0 Å². The van der Waals surface area contributed by atoms with Gasteiger partial charge in [0.05, 0.1) is 18.2 Å². The maximum Gasteiger partial charge on any atom is 0.251 e. The van der Waals surface area contributed by atoms with Crippen LogP contribution in [0, 0.1) is 20.8 Å². The lowest BCUT2D eigenvalue weighted by molar-refractivity contribution is 0.460. The van der Waals surface area contributed by atoms with Crippen LogP contribution in [0.5, 0.6) is 0 Å². The maximum absolute atomic E-state index is 5.86. The number of nitrogens with one attached hydrogen (secondary N) is 1. The predicted octanol–water partition coefficient (Wildman–Crippen LogP) is 5.13. The van der Waals surface area contributed by atoms with E-state index in [0.717, 1.165) is 17.1 Å². The molecule has 4 rings (SSSR count). The van der Waals surface area contributed by atoms with Gasteiger partial charge in [0.15, 0.2) is 0 Å². The normalized spacial score (nSPS) is 12.2. The van der Waals surface area contributed by atoms with Crippen molar-refractivity contribution in [3.63, 3.8) is 0 Å². The SMILES string of the molecule is Cc1ccc([C@@H](NCc2nnc(-c3cc(C)oc3C)o2)c2ccccc2)cc1. The zero-order valence-corrected chi connectivity index (χ0v) is 16.3. The number of rotatable bonds is 6. The number of aryl methyl sites for hydroxylation is 3. The smallest absolute Gasteiger partial charge is 0.251 e. The summed E-state index contributed by atoms with van der Waals surface area (Å²) in [6.45, 7) is 6.36. The first-order valence-electron chi connectivity index (χ1n) is 9.35. The Hall–Kier alpha value is -3.18. The van der Waals surface area contributed by atoms with E-state index in [1.807, 2.05) is 38.1 Å². The van der Waals surface area contributed by atoms with Crippen LogP contribution in [-0.4, -0.2) is 10.2 Å². The summed E-state index contributed by atoms with van der Waals surface area (Å²) >= 11 is 0. The molecule has 5 nitrogen and oxygen atoms in total. The van der Waals surface area contributed by atoms with Gasteiger partial charge in [-0.25, -0.2) is 0 Å². The fourth-order valence-electron chi connectivity index (χ4n) is 3.30. The average Bonchev–Trinajstić information content (AvgIpc) is 3.30. The van der Waals surface area contributed by atoms with Crippen molar-refractivity contribution in [2.75, 3.05) is 0 Å². The molecular formula is C23H23N3O2. The highest BCUT2D eigenvalue weighted by Crippen LogP contribution is 2.26. The topological polar surface area (TPSA) is 64.1 Å². The molecule has 1 N–H and O–H groups in total. The summed E-state index contributed by atoms with van der Waals surface area (Å²) in [5, 5.41) is 11.9. The van der Waals surface area contributed by atoms with Gasteiger partial charge in [0.1, 0.15) is 11.5 Å². The predicted molar refractivity (Wildman–Crippen MR) is 108 cm³/mol. The summed E-state index contributed by atoms with van der Waals surface area (Å²) in [4.78, 5) is 0. The minimum Gasteiger partial charge on any atom is -0.466 e. The first-order chi connectivity index (χ1) is 13.6. The van der Waals surface area contributed by atoms with Gasteiger partial charge >= 0.3 is 0 Å². The third-order valence-corrected chi connectivity index (χ3v) is 4.74. The lowest BCUT2D eigenvalue weighted by Gasteiger charge is -2.19. The molecule has 2 heterocycles. The molecule has 2 aromatic carbocycles. The van der Waals surface area contributed by atoms with Crippen molar-refractivity contribution in [3.05, 3.63) is 94.8 Å². The van der Waals surface area contributed by atoms with E-state index < -0.39 is 0 Å². The molecule has 1 atom stereocenters. The van der Waals surface area contributed by atoms with Gasteiger partial charge < -0.3 is 8.83 Å². The minimum absolute atomic E-state index is 0.0371. The first kappa shape index (κ1) is 18.2. The minimum atomic E-state index is 0.0371. The molecule has 0 aliphatic rings. The molecule has 0 fully saturated rings. The summed E-state index contributed by atoms with van der Waals surface area (Å²) in [5.41, 5.74) is 4.46. The summed E-state index contributed by atoms with van der Waals surface area (Å²) < 4.78 is 11.4. The molecule has 0 saturated heterocycles. The van der Waals surface area contributed by atoms with E-state index in [9.17, 15) is 0 Å². The van der Waals surface area contributed by atoms with Crippen molar-refractivity contribution < 1.29 is 8.83 Å². The van der Waals surface area contributed by atoms with Crippen molar-refractivity contribution in [3.8, 4) is 11.5 Å². The fraction of sp³-hybridized carbons (Fsp3) is 0.217. The van der Waals surface area contributed by atoms with E-state index in [1.165, 1.54) is 16.7 Å². The molecule has 0 radical (unpaired) electrons. The van der Waals surface area contributed by atoms with Crippen molar-refractivity contribution in [1.29, 1.82) is 0 Å². The Morgan fingerprint density at radius 3 is 2.25 bits per heavy atom. The van der Waals surface area contributed by atoms with E-state index in [2.05, 4.69) is 58.8 Å². The molecule has 0 unspecified atom stereocenters. The second kappa shape index (κ2) is 7.82. The van der Waals surface area contributed by atoms with Crippen LogP contribution in [0.4, 0.5) is 0 Å². The Kier molecular flexibility index (Phi) is 5.08.